The van der Waals surface area contributed by atoms with Gasteiger partial charge in [0.15, 0.2) is 0 Å². The van der Waals surface area contributed by atoms with Crippen LogP contribution in [0, 0.1) is 6.92 Å². The highest BCUT2D eigenvalue weighted by Crippen LogP contribution is 2.21. The van der Waals surface area contributed by atoms with Crippen LogP contribution in [0.5, 0.6) is 0 Å². The summed E-state index contributed by atoms with van der Waals surface area (Å²) in [5.74, 6) is 0.0556. The number of nitrogens with zero attached hydrogens (tertiary/aromatic N) is 3. The Morgan fingerprint density at radius 2 is 2.28 bits per heavy atom. The van der Waals surface area contributed by atoms with Crippen LogP contribution in [0.3, 0.4) is 0 Å². The largest absolute Gasteiger partial charge is 0.333 e. The molecular weight excluding hydrogens is 228 g/mol. The molecule has 0 radical (unpaired) electrons. The molecule has 0 bridgehead atoms. The van der Waals surface area contributed by atoms with Gasteiger partial charge >= 0.3 is 0 Å². The molecule has 0 aliphatic carbocycles. The molecule has 0 saturated carbocycles. The zero-order valence-electron chi connectivity index (χ0n) is 11.4. The zero-order chi connectivity index (χ0) is 13.3. The average molecular weight is 250 g/mol. The second-order valence-corrected chi connectivity index (χ2v) is 5.22. The number of carbonyl (C=O) groups is 1. The van der Waals surface area contributed by atoms with Crippen LogP contribution in [-0.2, 0) is 7.05 Å². The molecule has 1 aliphatic heterocycles. The Morgan fingerprint density at radius 1 is 1.56 bits per heavy atom. The number of aromatic nitrogens is 2. The average Bonchev–Trinajstić information content (AvgIpc) is 2.67. The second kappa shape index (κ2) is 5.10. The van der Waals surface area contributed by atoms with Gasteiger partial charge in [-0.2, -0.15) is 5.10 Å². The van der Waals surface area contributed by atoms with Crippen molar-refractivity contribution in [1.29, 1.82) is 0 Å². The molecule has 0 spiro atoms. The van der Waals surface area contributed by atoms with E-state index in [0.29, 0.717) is 5.69 Å². The van der Waals surface area contributed by atoms with Gasteiger partial charge < -0.3 is 10.6 Å². The van der Waals surface area contributed by atoms with Gasteiger partial charge in [0.25, 0.3) is 5.91 Å². The van der Waals surface area contributed by atoms with Crippen molar-refractivity contribution < 1.29 is 4.79 Å². The smallest absolute Gasteiger partial charge is 0.272 e. The minimum atomic E-state index is 0.0172. The standard InChI is InChI=1S/C13H22N4O/c1-9-8-12(16(3)15-9)13(18)17-7-5-4-6-11(17)10(2)14/h8,10-11H,4-7,14H2,1-3H3. The summed E-state index contributed by atoms with van der Waals surface area (Å²) in [7, 11) is 1.81. The minimum absolute atomic E-state index is 0.0172. The molecule has 1 aromatic rings. The van der Waals surface area contributed by atoms with Crippen molar-refractivity contribution in [2.75, 3.05) is 6.54 Å². The number of hydrogen-bond acceptors (Lipinski definition) is 3. The van der Waals surface area contributed by atoms with Crippen LogP contribution in [0.15, 0.2) is 6.07 Å². The molecule has 5 heteroatoms. The first-order chi connectivity index (χ1) is 8.50. The Labute approximate surface area is 108 Å². The number of carbonyl (C=O) groups excluding carboxylic acids is 1. The summed E-state index contributed by atoms with van der Waals surface area (Å²) in [6.45, 7) is 4.68. The first-order valence-corrected chi connectivity index (χ1v) is 6.58. The van der Waals surface area contributed by atoms with Crippen molar-refractivity contribution in [2.24, 2.45) is 12.8 Å². The van der Waals surface area contributed by atoms with Crippen molar-refractivity contribution in [3.63, 3.8) is 0 Å². The number of aryl methyl sites for hydroxylation is 2. The van der Waals surface area contributed by atoms with Crippen molar-refractivity contribution in [3.8, 4) is 0 Å². The maximum absolute atomic E-state index is 12.6. The van der Waals surface area contributed by atoms with E-state index in [1.54, 1.807) is 4.68 Å². The number of rotatable bonds is 2. The van der Waals surface area contributed by atoms with Crippen LogP contribution in [0.4, 0.5) is 0 Å². The van der Waals surface area contributed by atoms with E-state index in [2.05, 4.69) is 5.10 Å². The molecular formula is C13H22N4O. The molecule has 0 aromatic carbocycles. The van der Waals surface area contributed by atoms with E-state index >= 15 is 0 Å². The molecule has 2 heterocycles. The van der Waals surface area contributed by atoms with Gasteiger partial charge in [0.2, 0.25) is 0 Å². The third-order valence-corrected chi connectivity index (χ3v) is 3.64. The number of likely N-dealkylation sites (tertiary alicyclic amines) is 1. The number of amides is 1. The molecule has 1 saturated heterocycles. The Bertz CT molecular complexity index is 438. The summed E-state index contributed by atoms with van der Waals surface area (Å²) in [5.41, 5.74) is 7.52. The lowest BCUT2D eigenvalue weighted by Gasteiger charge is -2.37. The molecule has 1 fully saturated rings. The van der Waals surface area contributed by atoms with Gasteiger partial charge in [-0.25, -0.2) is 0 Å². The normalized spacial score (nSPS) is 22.0. The van der Waals surface area contributed by atoms with Crippen molar-refractivity contribution in [3.05, 3.63) is 17.5 Å². The lowest BCUT2D eigenvalue weighted by molar-refractivity contribution is 0.0572. The highest BCUT2D eigenvalue weighted by atomic mass is 16.2. The fraction of sp³-hybridized carbons (Fsp3) is 0.692. The van der Waals surface area contributed by atoms with Gasteiger partial charge in [-0.15, -0.1) is 0 Å². The number of hydrogen-bond donors (Lipinski definition) is 1. The van der Waals surface area contributed by atoms with E-state index in [-0.39, 0.29) is 18.0 Å². The van der Waals surface area contributed by atoms with Crippen molar-refractivity contribution in [1.82, 2.24) is 14.7 Å². The predicted molar refractivity (Wildman–Crippen MR) is 70.3 cm³/mol. The van der Waals surface area contributed by atoms with Crippen LogP contribution in [0.2, 0.25) is 0 Å². The van der Waals surface area contributed by atoms with E-state index in [1.165, 1.54) is 0 Å². The van der Waals surface area contributed by atoms with E-state index in [1.807, 2.05) is 31.9 Å². The summed E-state index contributed by atoms with van der Waals surface area (Å²) in [5, 5.41) is 4.23. The lowest BCUT2D eigenvalue weighted by atomic mass is 9.96. The molecule has 1 aliphatic rings. The summed E-state index contributed by atoms with van der Waals surface area (Å²) in [6, 6.07) is 2.01. The van der Waals surface area contributed by atoms with E-state index < -0.39 is 0 Å². The molecule has 2 unspecified atom stereocenters. The summed E-state index contributed by atoms with van der Waals surface area (Å²) in [6.07, 6.45) is 3.21. The van der Waals surface area contributed by atoms with Crippen LogP contribution < -0.4 is 5.73 Å². The maximum Gasteiger partial charge on any atom is 0.272 e. The van der Waals surface area contributed by atoms with Gasteiger partial charge in [0.1, 0.15) is 5.69 Å². The highest BCUT2D eigenvalue weighted by Gasteiger charge is 2.31. The summed E-state index contributed by atoms with van der Waals surface area (Å²) >= 11 is 0. The van der Waals surface area contributed by atoms with E-state index in [0.717, 1.165) is 31.5 Å². The Hall–Kier alpha value is -1.36. The fourth-order valence-electron chi connectivity index (χ4n) is 2.71. The van der Waals surface area contributed by atoms with Gasteiger partial charge in [-0.05, 0) is 39.2 Å². The van der Waals surface area contributed by atoms with Crippen molar-refractivity contribution >= 4 is 5.91 Å². The molecule has 2 rings (SSSR count). The molecule has 18 heavy (non-hydrogen) atoms. The van der Waals surface area contributed by atoms with Crippen LogP contribution in [0.1, 0.15) is 42.4 Å². The Morgan fingerprint density at radius 3 is 2.83 bits per heavy atom. The first kappa shape index (κ1) is 13.1. The molecule has 1 amide bonds. The predicted octanol–water partition coefficient (Wildman–Crippen LogP) is 1.07. The van der Waals surface area contributed by atoms with E-state index in [9.17, 15) is 4.79 Å². The van der Waals surface area contributed by atoms with E-state index in [4.69, 9.17) is 5.73 Å². The highest BCUT2D eigenvalue weighted by molar-refractivity contribution is 5.93. The quantitative estimate of drug-likeness (QED) is 0.854. The fourth-order valence-corrected chi connectivity index (χ4v) is 2.71. The van der Waals surface area contributed by atoms with Crippen LogP contribution in [-0.4, -0.2) is 39.2 Å². The topological polar surface area (TPSA) is 64.2 Å². The maximum atomic E-state index is 12.6. The molecule has 5 nitrogen and oxygen atoms in total. The number of nitrogens with two attached hydrogens (primary N) is 1. The molecule has 2 atom stereocenters. The third-order valence-electron chi connectivity index (χ3n) is 3.64. The monoisotopic (exact) mass is 250 g/mol. The van der Waals surface area contributed by atoms with Crippen LogP contribution in [0.25, 0.3) is 0 Å². The minimum Gasteiger partial charge on any atom is -0.333 e. The van der Waals surface area contributed by atoms with Gasteiger partial charge in [0, 0.05) is 25.7 Å². The first-order valence-electron chi connectivity index (χ1n) is 6.58. The zero-order valence-corrected chi connectivity index (χ0v) is 11.4. The SMILES string of the molecule is Cc1cc(C(=O)N2CCCCC2C(C)N)n(C)n1. The van der Waals surface area contributed by atoms with Gasteiger partial charge in [0.05, 0.1) is 5.69 Å². The molecule has 100 valence electrons. The van der Waals surface area contributed by atoms with Crippen LogP contribution >= 0.6 is 0 Å². The molecule has 1 aromatic heterocycles. The second-order valence-electron chi connectivity index (χ2n) is 5.22. The molecule has 2 N–H and O–H groups in total. The Balaban J connectivity index is 2.23. The van der Waals surface area contributed by atoms with Gasteiger partial charge in [-0.3, -0.25) is 9.48 Å². The number of piperidine rings is 1. The summed E-state index contributed by atoms with van der Waals surface area (Å²) in [4.78, 5) is 14.5. The lowest BCUT2D eigenvalue weighted by Crippen LogP contribution is -2.52. The Kier molecular flexibility index (Phi) is 3.71. The summed E-state index contributed by atoms with van der Waals surface area (Å²) < 4.78 is 1.66. The van der Waals surface area contributed by atoms with Gasteiger partial charge in [-0.1, -0.05) is 0 Å². The van der Waals surface area contributed by atoms with Crippen molar-refractivity contribution in [2.45, 2.75) is 45.2 Å². The third kappa shape index (κ3) is 2.41.